The molecule has 0 spiro atoms. The Morgan fingerprint density at radius 1 is 0.276 bits per heavy atom. The van der Waals surface area contributed by atoms with E-state index in [0.29, 0.717) is 0 Å². The van der Waals surface area contributed by atoms with E-state index in [1.165, 1.54) is 0 Å². The average Bonchev–Trinajstić information content (AvgIpc) is 2.97. The highest BCUT2D eigenvalue weighted by Crippen LogP contribution is 2.67. The SMILES string of the molecule is FC(F)(F)C(F)(F)C(F)(F)C(F)(F)C(F)(F)C(F)(F)C(F)(F)C(F)(F)SCC1(CSC(F)(F)C(F)(F)C(F)(F)C(F)(F)C(F)(F)C(F)(F)C(F)(F)C(F)(F)F)COC1. The first kappa shape index (κ1) is 54.3. The van der Waals surface area contributed by atoms with Crippen LogP contribution in [0.4, 0.5) is 149 Å². The summed E-state index contributed by atoms with van der Waals surface area (Å²) in [5.74, 6) is -111. The molecule has 1 rings (SSSR count). The average molecular weight is 986 g/mol. The van der Waals surface area contributed by atoms with Gasteiger partial charge in [-0.1, -0.05) is 23.5 Å². The lowest BCUT2D eigenvalue weighted by atomic mass is 9.91. The molecular weight excluding hydrogens is 978 g/mol. The molecule has 0 unspecified atom stereocenters. The van der Waals surface area contributed by atoms with E-state index in [1.54, 1.807) is 0 Å². The third kappa shape index (κ3) is 7.20. The van der Waals surface area contributed by atoms with Crippen molar-refractivity contribution in [2.24, 2.45) is 5.41 Å². The molecule has 1 heterocycles. The van der Waals surface area contributed by atoms with Crippen molar-refractivity contribution < 1.29 is 154 Å². The van der Waals surface area contributed by atoms with Gasteiger partial charge in [-0.15, -0.1) is 0 Å². The van der Waals surface area contributed by atoms with E-state index in [1.807, 2.05) is 0 Å². The zero-order valence-corrected chi connectivity index (χ0v) is 27.0. The summed E-state index contributed by atoms with van der Waals surface area (Å²) in [7, 11) is 0. The molecule has 0 aliphatic carbocycles. The topological polar surface area (TPSA) is 9.23 Å². The lowest BCUT2D eigenvalue weighted by Gasteiger charge is -2.45. The summed E-state index contributed by atoms with van der Waals surface area (Å²) >= 11 is -4.96. The van der Waals surface area contributed by atoms with Crippen molar-refractivity contribution in [3.63, 3.8) is 0 Å². The zero-order valence-electron chi connectivity index (χ0n) is 25.4. The van der Waals surface area contributed by atoms with Crippen LogP contribution in [-0.4, -0.2) is 119 Å². The normalized spacial score (nSPS) is 18.7. The smallest absolute Gasteiger partial charge is 0.380 e. The van der Waals surface area contributed by atoms with Crippen molar-refractivity contribution in [3.05, 3.63) is 0 Å². The molecule has 1 fully saturated rings. The van der Waals surface area contributed by atoms with E-state index >= 15 is 0 Å². The Morgan fingerprint density at radius 2 is 0.448 bits per heavy atom. The highest BCUT2D eigenvalue weighted by atomic mass is 32.2. The van der Waals surface area contributed by atoms with Crippen molar-refractivity contribution in [3.8, 4) is 0 Å². The Labute approximate surface area is 302 Å². The molecule has 0 N–H and O–H groups in total. The molecule has 348 valence electrons. The monoisotopic (exact) mass is 986 g/mol. The summed E-state index contributed by atoms with van der Waals surface area (Å²) < 4.78 is 460. The van der Waals surface area contributed by atoms with Gasteiger partial charge in [-0.05, 0) is 0 Å². The van der Waals surface area contributed by atoms with E-state index in [-0.39, 0.29) is 0 Å². The predicted octanol–water partition coefficient (Wildman–Crippen LogP) is 12.4. The van der Waals surface area contributed by atoms with Crippen LogP contribution in [0.1, 0.15) is 0 Å². The van der Waals surface area contributed by atoms with Crippen LogP contribution in [0.25, 0.3) is 0 Å². The first-order valence-corrected chi connectivity index (χ1v) is 14.9. The molecule has 58 heavy (non-hydrogen) atoms. The van der Waals surface area contributed by atoms with Crippen LogP contribution in [0.3, 0.4) is 0 Å². The largest absolute Gasteiger partial charge is 0.460 e. The highest BCUT2D eigenvalue weighted by molar-refractivity contribution is 8.01. The molecule has 0 atom stereocenters. The molecule has 0 aromatic heterocycles. The molecule has 0 bridgehead atoms. The molecule has 0 aromatic carbocycles. The van der Waals surface area contributed by atoms with Crippen LogP contribution in [0.2, 0.25) is 0 Å². The Morgan fingerprint density at radius 3 is 0.603 bits per heavy atom. The molecule has 37 heteroatoms. The Bertz CT molecular complexity index is 1360. The van der Waals surface area contributed by atoms with Crippen LogP contribution in [0, 0.1) is 5.41 Å². The van der Waals surface area contributed by atoms with Gasteiger partial charge in [0.15, 0.2) is 0 Å². The molecule has 1 aliphatic heterocycles. The molecule has 0 radical (unpaired) electrons. The third-order valence-electron chi connectivity index (χ3n) is 7.32. The van der Waals surface area contributed by atoms with Gasteiger partial charge in [-0.25, -0.2) is 0 Å². The fraction of sp³-hybridized carbons (Fsp3) is 1.00. The minimum absolute atomic E-state index is 1.77. The fourth-order valence-corrected chi connectivity index (χ4v) is 5.83. The quantitative estimate of drug-likeness (QED) is 0.127. The van der Waals surface area contributed by atoms with Crippen LogP contribution < -0.4 is 0 Å². The van der Waals surface area contributed by atoms with Crippen molar-refractivity contribution in [2.75, 3.05) is 24.7 Å². The summed E-state index contributed by atoms with van der Waals surface area (Å²) in [5, 5.41) is -14.7. The Balaban J connectivity index is 3.52. The third-order valence-corrected chi connectivity index (χ3v) is 10.1. The summed E-state index contributed by atoms with van der Waals surface area (Å²) in [6.45, 7) is -3.55. The molecule has 1 nitrogen and oxygen atoms in total. The number of halogens is 34. The molecular formula is C21H8F34OS2. The Kier molecular flexibility index (Phi) is 13.2. The standard InChI is InChI=1S/C21H8F34OS2/c22-6(23,10(30,31)14(38,39)18(46,47)48)8(26,27)12(34,35)16(42,43)20(52,53)57-3-5(1-56-2-5)4-58-21(54,55)17(44,45)13(36,37)9(28,29)7(24,25)11(32,33)15(40,41)19(49,50)51/h1-4H2. The minimum atomic E-state index is -9.11. The zero-order chi connectivity index (χ0) is 47.4. The summed E-state index contributed by atoms with van der Waals surface area (Å²) in [6.07, 6.45) is -16.2. The second-order valence-corrected chi connectivity index (χ2v) is 13.7. The van der Waals surface area contributed by atoms with Gasteiger partial charge in [-0.2, -0.15) is 149 Å². The number of rotatable bonds is 18. The Hall–Kier alpha value is -1.72. The van der Waals surface area contributed by atoms with Gasteiger partial charge in [0.1, 0.15) is 0 Å². The van der Waals surface area contributed by atoms with E-state index in [2.05, 4.69) is 4.74 Å². The first-order valence-electron chi connectivity index (χ1n) is 12.9. The van der Waals surface area contributed by atoms with Gasteiger partial charge < -0.3 is 4.74 Å². The lowest BCUT2D eigenvalue weighted by molar-refractivity contribution is -0.458. The van der Waals surface area contributed by atoms with Gasteiger partial charge in [0.05, 0.1) is 13.2 Å². The molecule has 1 aliphatic rings. The second kappa shape index (κ2) is 14.2. The first-order chi connectivity index (χ1) is 24.6. The van der Waals surface area contributed by atoms with Crippen molar-refractivity contribution in [2.45, 2.75) is 93.9 Å². The maximum Gasteiger partial charge on any atom is 0.460 e. The minimum Gasteiger partial charge on any atom is -0.380 e. The van der Waals surface area contributed by atoms with Crippen molar-refractivity contribution in [1.29, 1.82) is 0 Å². The summed E-state index contributed by atoms with van der Waals surface area (Å²) in [5.41, 5.74) is -3.29. The van der Waals surface area contributed by atoms with Gasteiger partial charge in [-0.3, -0.25) is 0 Å². The number of hydrogen-bond acceptors (Lipinski definition) is 3. The molecule has 0 aromatic rings. The highest BCUT2D eigenvalue weighted by Gasteiger charge is 2.97. The second-order valence-electron chi connectivity index (χ2n) is 11.5. The molecule has 0 saturated carbocycles. The lowest BCUT2D eigenvalue weighted by Crippen LogP contribution is -2.74. The number of ether oxygens (including phenoxy) is 1. The van der Waals surface area contributed by atoms with E-state index in [0.717, 1.165) is 0 Å². The maximum atomic E-state index is 14.2. The van der Waals surface area contributed by atoms with Gasteiger partial charge in [0.25, 0.3) is 0 Å². The van der Waals surface area contributed by atoms with E-state index in [4.69, 9.17) is 0 Å². The number of alkyl halides is 34. The molecule has 0 amide bonds. The van der Waals surface area contributed by atoms with Gasteiger partial charge in [0.2, 0.25) is 0 Å². The van der Waals surface area contributed by atoms with Crippen LogP contribution in [-0.2, 0) is 4.74 Å². The number of hydrogen-bond donors (Lipinski definition) is 0. The summed E-state index contributed by atoms with van der Waals surface area (Å²) in [6, 6.07) is 0. The van der Waals surface area contributed by atoms with Crippen LogP contribution in [0.5, 0.6) is 0 Å². The fourth-order valence-electron chi connectivity index (χ4n) is 3.57. The number of thioether (sulfide) groups is 2. The summed E-state index contributed by atoms with van der Waals surface area (Å²) in [4.78, 5) is 0. The molecule has 1 saturated heterocycles. The van der Waals surface area contributed by atoms with E-state index < -0.39 is 148 Å². The maximum absolute atomic E-state index is 14.2. The van der Waals surface area contributed by atoms with Gasteiger partial charge in [0, 0.05) is 16.9 Å². The van der Waals surface area contributed by atoms with Gasteiger partial charge >= 0.3 is 93.9 Å². The van der Waals surface area contributed by atoms with Crippen molar-refractivity contribution >= 4 is 23.5 Å². The van der Waals surface area contributed by atoms with Crippen molar-refractivity contribution in [1.82, 2.24) is 0 Å². The van der Waals surface area contributed by atoms with Crippen LogP contribution in [0.15, 0.2) is 0 Å². The predicted molar refractivity (Wildman–Crippen MR) is 120 cm³/mol. The van der Waals surface area contributed by atoms with Crippen LogP contribution >= 0.6 is 23.5 Å². The van der Waals surface area contributed by atoms with E-state index in [9.17, 15) is 149 Å².